The number of nitrogens with one attached hydrogen (secondary N) is 1. The van der Waals surface area contributed by atoms with Gasteiger partial charge in [0.05, 0.1) is 0 Å². The molecule has 2 N–H and O–H groups in total. The van der Waals surface area contributed by atoms with Gasteiger partial charge in [-0.3, -0.25) is 4.79 Å². The predicted molar refractivity (Wildman–Crippen MR) is 115 cm³/mol. The van der Waals surface area contributed by atoms with Crippen molar-refractivity contribution in [3.05, 3.63) is 70.4 Å². The van der Waals surface area contributed by atoms with Crippen LogP contribution in [0.4, 0.5) is 0 Å². The Morgan fingerprint density at radius 1 is 1.14 bits per heavy atom. The highest BCUT2D eigenvalue weighted by Gasteiger charge is 2.20. The van der Waals surface area contributed by atoms with E-state index in [1.807, 2.05) is 50.2 Å². The number of para-hydroxylation sites is 1. The van der Waals surface area contributed by atoms with E-state index >= 15 is 0 Å². The third-order valence-electron chi connectivity index (χ3n) is 5.18. The van der Waals surface area contributed by atoms with Crippen molar-refractivity contribution >= 4 is 28.5 Å². The summed E-state index contributed by atoms with van der Waals surface area (Å²) in [6, 6.07) is 15.6. The number of carboxylic acids is 1. The fourth-order valence-corrected chi connectivity index (χ4v) is 3.89. The van der Waals surface area contributed by atoms with Crippen molar-refractivity contribution in [1.82, 2.24) is 9.88 Å². The molecule has 28 heavy (non-hydrogen) atoms. The molecule has 3 aromatic rings. The molecule has 1 atom stereocenters. The summed E-state index contributed by atoms with van der Waals surface area (Å²) in [7, 11) is 0. The highest BCUT2D eigenvalue weighted by Crippen LogP contribution is 2.28. The average molecular weight is 399 g/mol. The number of carboxylic acid groups (broad SMARTS) is 1. The second kappa shape index (κ2) is 8.80. The van der Waals surface area contributed by atoms with Crippen LogP contribution in [0.15, 0.2) is 48.5 Å². The van der Waals surface area contributed by atoms with Gasteiger partial charge in [-0.1, -0.05) is 61.8 Å². The first-order chi connectivity index (χ1) is 13.4. The van der Waals surface area contributed by atoms with Crippen LogP contribution in [0.1, 0.15) is 37.1 Å². The van der Waals surface area contributed by atoms with Gasteiger partial charge in [0.2, 0.25) is 0 Å². The van der Waals surface area contributed by atoms with E-state index in [-0.39, 0.29) is 0 Å². The number of halogens is 1. The van der Waals surface area contributed by atoms with Crippen molar-refractivity contribution in [3.63, 3.8) is 0 Å². The van der Waals surface area contributed by atoms with E-state index in [2.05, 4.69) is 28.9 Å². The standard InChI is InChI=1S/C23H27ClN2O2/c1-15(2)12-21(23(27)28)25-13-19-16(3)26(22-11-7-5-9-18(19)22)14-17-8-4-6-10-20(17)24/h4-11,15,21,25H,12-14H2,1-3H3,(H,27,28). The van der Waals surface area contributed by atoms with E-state index in [0.29, 0.717) is 25.4 Å². The van der Waals surface area contributed by atoms with Crippen LogP contribution in [0.3, 0.4) is 0 Å². The monoisotopic (exact) mass is 398 g/mol. The van der Waals surface area contributed by atoms with Gasteiger partial charge >= 0.3 is 5.97 Å². The Labute approximate surface area is 171 Å². The minimum atomic E-state index is -0.800. The molecule has 5 heteroatoms. The predicted octanol–water partition coefficient (Wildman–Crippen LogP) is 5.24. The Morgan fingerprint density at radius 3 is 2.50 bits per heavy atom. The number of carbonyl (C=O) groups is 1. The molecule has 0 saturated heterocycles. The first-order valence-electron chi connectivity index (χ1n) is 9.64. The Hall–Kier alpha value is -2.30. The first kappa shape index (κ1) is 20.4. The lowest BCUT2D eigenvalue weighted by Gasteiger charge is -2.17. The number of fused-ring (bicyclic) bond motifs is 1. The Balaban J connectivity index is 1.94. The van der Waals surface area contributed by atoms with Gasteiger partial charge in [-0.05, 0) is 42.5 Å². The molecule has 0 bridgehead atoms. The van der Waals surface area contributed by atoms with Crippen LogP contribution in [0.5, 0.6) is 0 Å². The lowest BCUT2D eigenvalue weighted by Crippen LogP contribution is -2.37. The van der Waals surface area contributed by atoms with Gasteiger partial charge in [0.25, 0.3) is 0 Å². The zero-order valence-corrected chi connectivity index (χ0v) is 17.3. The van der Waals surface area contributed by atoms with Gasteiger partial charge < -0.3 is 15.0 Å². The van der Waals surface area contributed by atoms with Crippen molar-refractivity contribution in [3.8, 4) is 0 Å². The molecule has 0 amide bonds. The molecular weight excluding hydrogens is 372 g/mol. The number of hydrogen-bond acceptors (Lipinski definition) is 2. The van der Waals surface area contributed by atoms with Gasteiger partial charge in [0.15, 0.2) is 0 Å². The molecule has 0 saturated carbocycles. The molecule has 148 valence electrons. The lowest BCUT2D eigenvalue weighted by molar-refractivity contribution is -0.140. The minimum Gasteiger partial charge on any atom is -0.480 e. The molecule has 1 unspecified atom stereocenters. The Kier molecular flexibility index (Phi) is 6.42. The lowest BCUT2D eigenvalue weighted by atomic mass is 10.0. The summed E-state index contributed by atoms with van der Waals surface area (Å²) >= 11 is 6.38. The minimum absolute atomic E-state index is 0.316. The zero-order valence-electron chi connectivity index (χ0n) is 16.6. The maximum Gasteiger partial charge on any atom is 0.320 e. The number of aromatic nitrogens is 1. The highest BCUT2D eigenvalue weighted by atomic mass is 35.5. The summed E-state index contributed by atoms with van der Waals surface area (Å²) in [5, 5.41) is 14.7. The second-order valence-electron chi connectivity index (χ2n) is 7.66. The first-order valence-corrected chi connectivity index (χ1v) is 10.0. The normalized spacial score (nSPS) is 12.6. The fourth-order valence-electron chi connectivity index (χ4n) is 3.69. The van der Waals surface area contributed by atoms with Gasteiger partial charge in [0.1, 0.15) is 6.04 Å². The molecule has 0 fully saturated rings. The number of nitrogens with zero attached hydrogens (tertiary/aromatic N) is 1. The van der Waals surface area contributed by atoms with E-state index in [1.165, 1.54) is 0 Å². The SMILES string of the molecule is Cc1c(CNC(CC(C)C)C(=O)O)c2ccccc2n1Cc1ccccc1Cl. The summed E-state index contributed by atoms with van der Waals surface area (Å²) in [4.78, 5) is 11.6. The van der Waals surface area contributed by atoms with Gasteiger partial charge in [-0.2, -0.15) is 0 Å². The van der Waals surface area contributed by atoms with Gasteiger partial charge in [-0.15, -0.1) is 0 Å². The molecule has 0 aliphatic rings. The van der Waals surface area contributed by atoms with Crippen molar-refractivity contribution in [2.45, 2.75) is 46.3 Å². The number of aliphatic carboxylic acids is 1. The number of benzene rings is 2. The van der Waals surface area contributed by atoms with E-state index in [9.17, 15) is 9.90 Å². The summed E-state index contributed by atoms with van der Waals surface area (Å²) in [5.41, 5.74) is 4.46. The second-order valence-corrected chi connectivity index (χ2v) is 8.07. The van der Waals surface area contributed by atoms with Crippen molar-refractivity contribution in [1.29, 1.82) is 0 Å². The van der Waals surface area contributed by atoms with Gasteiger partial charge in [-0.25, -0.2) is 0 Å². The molecule has 0 aliphatic heterocycles. The summed E-state index contributed by atoms with van der Waals surface area (Å²) in [5.74, 6) is -0.484. The summed E-state index contributed by atoms with van der Waals surface area (Å²) in [6.45, 7) is 7.37. The van der Waals surface area contributed by atoms with E-state index in [1.54, 1.807) is 0 Å². The third kappa shape index (κ3) is 4.40. The van der Waals surface area contributed by atoms with Crippen LogP contribution in [0.2, 0.25) is 5.02 Å². The van der Waals surface area contributed by atoms with Crippen LogP contribution in [-0.2, 0) is 17.9 Å². The highest BCUT2D eigenvalue weighted by molar-refractivity contribution is 6.31. The summed E-state index contributed by atoms with van der Waals surface area (Å²) in [6.07, 6.45) is 0.604. The van der Waals surface area contributed by atoms with Crippen molar-refractivity contribution < 1.29 is 9.90 Å². The van der Waals surface area contributed by atoms with Crippen molar-refractivity contribution in [2.75, 3.05) is 0 Å². The van der Waals surface area contributed by atoms with E-state index in [0.717, 1.165) is 32.7 Å². The third-order valence-corrected chi connectivity index (χ3v) is 5.55. The topological polar surface area (TPSA) is 54.3 Å². The molecule has 2 aromatic carbocycles. The average Bonchev–Trinajstić information content (AvgIpc) is 2.92. The van der Waals surface area contributed by atoms with Crippen LogP contribution < -0.4 is 5.32 Å². The van der Waals surface area contributed by atoms with E-state index < -0.39 is 12.0 Å². The van der Waals surface area contributed by atoms with Crippen molar-refractivity contribution in [2.24, 2.45) is 5.92 Å². The van der Waals surface area contributed by atoms with Crippen LogP contribution in [0.25, 0.3) is 10.9 Å². The zero-order chi connectivity index (χ0) is 20.3. The Morgan fingerprint density at radius 2 is 1.82 bits per heavy atom. The largest absolute Gasteiger partial charge is 0.480 e. The summed E-state index contributed by atoms with van der Waals surface area (Å²) < 4.78 is 2.26. The molecule has 0 aliphatic carbocycles. The molecule has 0 radical (unpaired) electrons. The number of rotatable bonds is 8. The van der Waals surface area contributed by atoms with Gasteiger partial charge in [0, 0.05) is 34.7 Å². The molecule has 4 nitrogen and oxygen atoms in total. The number of hydrogen-bond donors (Lipinski definition) is 2. The van der Waals surface area contributed by atoms with E-state index in [4.69, 9.17) is 11.6 Å². The van der Waals surface area contributed by atoms with Crippen LogP contribution >= 0.6 is 11.6 Å². The molecule has 1 heterocycles. The molecule has 0 spiro atoms. The fraction of sp³-hybridized carbons (Fsp3) is 0.348. The quantitative estimate of drug-likeness (QED) is 0.545. The van der Waals surface area contributed by atoms with Crippen LogP contribution in [0, 0.1) is 12.8 Å². The Bertz CT molecular complexity index is 978. The van der Waals surface area contributed by atoms with Crippen LogP contribution in [-0.4, -0.2) is 21.7 Å². The maximum absolute atomic E-state index is 11.6. The smallest absolute Gasteiger partial charge is 0.320 e. The molecular formula is C23H27ClN2O2. The molecule has 1 aromatic heterocycles. The molecule has 3 rings (SSSR count). The maximum atomic E-state index is 11.6.